The number of nitrogens with zero attached hydrogens (tertiary/aromatic N) is 2. The number of rotatable bonds is 3. The van der Waals surface area contributed by atoms with Gasteiger partial charge in [0.25, 0.3) is 0 Å². The van der Waals surface area contributed by atoms with Crippen LogP contribution in [0.15, 0.2) is 17.3 Å². The van der Waals surface area contributed by atoms with Crippen molar-refractivity contribution in [2.75, 3.05) is 11.6 Å². The second kappa shape index (κ2) is 3.96. The molecule has 0 unspecified atom stereocenters. The number of aromatic nitrogens is 2. The van der Waals surface area contributed by atoms with E-state index in [-0.39, 0.29) is 0 Å². The third-order valence-corrected chi connectivity index (χ3v) is 2.92. The van der Waals surface area contributed by atoms with E-state index in [1.165, 1.54) is 19.3 Å². The molecule has 0 bridgehead atoms. The molecule has 13 heavy (non-hydrogen) atoms. The summed E-state index contributed by atoms with van der Waals surface area (Å²) in [6, 6.07) is 2.54. The highest BCUT2D eigenvalue weighted by atomic mass is 32.2. The van der Waals surface area contributed by atoms with Gasteiger partial charge in [0.05, 0.1) is 0 Å². The molecule has 0 radical (unpaired) electrons. The summed E-state index contributed by atoms with van der Waals surface area (Å²) in [5.74, 6) is 0.775. The first kappa shape index (κ1) is 8.81. The predicted octanol–water partition coefficient (Wildman–Crippen LogP) is 2.16. The first-order valence-corrected chi connectivity index (χ1v) is 5.74. The second-order valence-corrected chi connectivity index (χ2v) is 4.02. The van der Waals surface area contributed by atoms with Crippen molar-refractivity contribution in [3.63, 3.8) is 0 Å². The molecule has 4 heteroatoms. The van der Waals surface area contributed by atoms with Crippen molar-refractivity contribution in [2.45, 2.75) is 30.3 Å². The Balaban J connectivity index is 2.01. The first-order valence-electron chi connectivity index (χ1n) is 4.52. The minimum Gasteiger partial charge on any atom is -0.351 e. The van der Waals surface area contributed by atoms with Crippen molar-refractivity contribution in [2.24, 2.45) is 0 Å². The number of hydrogen-bond acceptors (Lipinski definition) is 4. The van der Waals surface area contributed by atoms with Crippen LogP contribution in [0.25, 0.3) is 0 Å². The average Bonchev–Trinajstić information content (AvgIpc) is 2.12. The van der Waals surface area contributed by atoms with Crippen molar-refractivity contribution < 1.29 is 0 Å². The highest BCUT2D eigenvalue weighted by molar-refractivity contribution is 7.98. The summed E-state index contributed by atoms with van der Waals surface area (Å²) >= 11 is 1.64. The molecule has 1 aromatic rings. The van der Waals surface area contributed by atoms with Gasteiger partial charge in [0.15, 0.2) is 0 Å². The second-order valence-electron chi connectivity index (χ2n) is 3.19. The van der Waals surface area contributed by atoms with Crippen LogP contribution in [0.4, 0.5) is 5.95 Å². The molecule has 0 saturated heterocycles. The Hall–Kier alpha value is -0.770. The first-order chi connectivity index (χ1) is 6.38. The van der Waals surface area contributed by atoms with E-state index < -0.39 is 0 Å². The lowest BCUT2D eigenvalue weighted by molar-refractivity contribution is 0.443. The van der Waals surface area contributed by atoms with E-state index in [0.29, 0.717) is 6.04 Å². The molecule has 1 saturated carbocycles. The van der Waals surface area contributed by atoms with Crippen LogP contribution in [0.3, 0.4) is 0 Å². The standard InChI is InChI=1S/C9H13N3S/c1-13-8-5-6-10-9(12-8)11-7-3-2-4-7/h5-7H,2-4H2,1H3,(H,10,11,12). The Morgan fingerprint density at radius 2 is 2.38 bits per heavy atom. The molecule has 0 aromatic carbocycles. The molecular formula is C9H13N3S. The van der Waals surface area contributed by atoms with Crippen molar-refractivity contribution in [1.82, 2.24) is 9.97 Å². The zero-order valence-electron chi connectivity index (χ0n) is 7.66. The molecule has 2 rings (SSSR count). The summed E-state index contributed by atoms with van der Waals surface area (Å²) in [5, 5.41) is 4.34. The summed E-state index contributed by atoms with van der Waals surface area (Å²) in [4.78, 5) is 8.53. The third-order valence-electron chi connectivity index (χ3n) is 2.28. The number of anilines is 1. The average molecular weight is 195 g/mol. The molecule has 1 heterocycles. The molecule has 0 atom stereocenters. The maximum Gasteiger partial charge on any atom is 0.223 e. The van der Waals surface area contributed by atoms with Crippen LogP contribution in [0.1, 0.15) is 19.3 Å². The quantitative estimate of drug-likeness (QED) is 0.592. The van der Waals surface area contributed by atoms with E-state index in [9.17, 15) is 0 Å². The summed E-state index contributed by atoms with van der Waals surface area (Å²) in [5.41, 5.74) is 0. The van der Waals surface area contributed by atoms with Gasteiger partial charge in [-0.15, -0.1) is 11.8 Å². The minimum atomic E-state index is 0.608. The summed E-state index contributed by atoms with van der Waals surface area (Å²) in [7, 11) is 0. The Morgan fingerprint density at radius 3 is 3.00 bits per heavy atom. The van der Waals surface area contributed by atoms with E-state index in [1.807, 2.05) is 12.3 Å². The van der Waals surface area contributed by atoms with Crippen LogP contribution in [-0.2, 0) is 0 Å². The van der Waals surface area contributed by atoms with Gasteiger partial charge in [-0.2, -0.15) is 0 Å². The fourth-order valence-electron chi connectivity index (χ4n) is 1.26. The predicted molar refractivity (Wildman–Crippen MR) is 55.1 cm³/mol. The van der Waals surface area contributed by atoms with E-state index in [1.54, 1.807) is 18.0 Å². The van der Waals surface area contributed by atoms with Gasteiger partial charge in [-0.3, -0.25) is 0 Å². The topological polar surface area (TPSA) is 37.8 Å². The molecule has 1 aromatic heterocycles. The van der Waals surface area contributed by atoms with Gasteiger partial charge in [-0.1, -0.05) is 0 Å². The SMILES string of the molecule is CSc1ccnc(NC2CCC2)n1. The molecule has 0 spiro atoms. The van der Waals surface area contributed by atoms with E-state index in [2.05, 4.69) is 15.3 Å². The van der Waals surface area contributed by atoms with E-state index >= 15 is 0 Å². The lowest BCUT2D eigenvalue weighted by atomic mass is 9.93. The molecule has 70 valence electrons. The van der Waals surface area contributed by atoms with E-state index in [4.69, 9.17) is 0 Å². The number of nitrogens with one attached hydrogen (secondary N) is 1. The normalized spacial score (nSPS) is 16.7. The molecule has 0 amide bonds. The van der Waals surface area contributed by atoms with Crippen molar-refractivity contribution in [3.8, 4) is 0 Å². The van der Waals surface area contributed by atoms with Gasteiger partial charge >= 0.3 is 0 Å². The lowest BCUT2D eigenvalue weighted by Crippen LogP contribution is -2.27. The van der Waals surface area contributed by atoms with Gasteiger partial charge < -0.3 is 5.32 Å². The Bertz CT molecular complexity index is 286. The fraction of sp³-hybridized carbons (Fsp3) is 0.556. The van der Waals surface area contributed by atoms with Crippen molar-refractivity contribution in [1.29, 1.82) is 0 Å². The highest BCUT2D eigenvalue weighted by Crippen LogP contribution is 2.22. The summed E-state index contributed by atoms with van der Waals surface area (Å²) < 4.78 is 0. The molecule has 1 fully saturated rings. The summed E-state index contributed by atoms with van der Waals surface area (Å²) in [6.45, 7) is 0. The number of thioether (sulfide) groups is 1. The Morgan fingerprint density at radius 1 is 1.54 bits per heavy atom. The minimum absolute atomic E-state index is 0.608. The maximum atomic E-state index is 4.35. The van der Waals surface area contributed by atoms with Crippen LogP contribution < -0.4 is 5.32 Å². The van der Waals surface area contributed by atoms with Gasteiger partial charge in [-0.05, 0) is 31.6 Å². The van der Waals surface area contributed by atoms with Crippen LogP contribution in [0, 0.1) is 0 Å². The number of hydrogen-bond donors (Lipinski definition) is 1. The van der Waals surface area contributed by atoms with Gasteiger partial charge in [0.1, 0.15) is 5.03 Å². The molecule has 1 aliphatic carbocycles. The smallest absolute Gasteiger partial charge is 0.223 e. The monoisotopic (exact) mass is 195 g/mol. The van der Waals surface area contributed by atoms with Crippen LogP contribution in [0.2, 0.25) is 0 Å². The van der Waals surface area contributed by atoms with Crippen LogP contribution in [0.5, 0.6) is 0 Å². The third kappa shape index (κ3) is 2.12. The molecular weight excluding hydrogens is 182 g/mol. The van der Waals surface area contributed by atoms with Gasteiger partial charge in [0, 0.05) is 12.2 Å². The Kier molecular flexibility index (Phi) is 2.68. The zero-order valence-corrected chi connectivity index (χ0v) is 8.47. The van der Waals surface area contributed by atoms with Crippen molar-refractivity contribution in [3.05, 3.63) is 12.3 Å². The van der Waals surface area contributed by atoms with E-state index in [0.717, 1.165) is 11.0 Å². The Labute approximate surface area is 82.4 Å². The molecule has 1 aliphatic rings. The molecule has 1 N–H and O–H groups in total. The zero-order chi connectivity index (χ0) is 9.10. The van der Waals surface area contributed by atoms with Crippen molar-refractivity contribution >= 4 is 17.7 Å². The maximum absolute atomic E-state index is 4.35. The van der Waals surface area contributed by atoms with Crippen LogP contribution in [-0.4, -0.2) is 22.3 Å². The highest BCUT2D eigenvalue weighted by Gasteiger charge is 2.17. The van der Waals surface area contributed by atoms with Crippen LogP contribution >= 0.6 is 11.8 Å². The molecule has 3 nitrogen and oxygen atoms in total. The lowest BCUT2D eigenvalue weighted by Gasteiger charge is -2.26. The largest absolute Gasteiger partial charge is 0.351 e. The van der Waals surface area contributed by atoms with Gasteiger partial charge in [-0.25, -0.2) is 9.97 Å². The molecule has 0 aliphatic heterocycles. The fourth-order valence-corrected chi connectivity index (χ4v) is 1.64. The van der Waals surface area contributed by atoms with Gasteiger partial charge in [0.2, 0.25) is 5.95 Å². The summed E-state index contributed by atoms with van der Waals surface area (Å²) in [6.07, 6.45) is 7.68.